The molecule has 1 unspecified atom stereocenters. The quantitative estimate of drug-likeness (QED) is 0.885. The van der Waals surface area contributed by atoms with E-state index in [1.165, 1.54) is 12.0 Å². The summed E-state index contributed by atoms with van der Waals surface area (Å²) in [7, 11) is 1.32. The van der Waals surface area contributed by atoms with Gasteiger partial charge >= 0.3 is 6.09 Å². The Morgan fingerprint density at radius 2 is 2.50 bits per heavy atom. The van der Waals surface area contributed by atoms with Gasteiger partial charge < -0.3 is 10.1 Å². The largest absolute Gasteiger partial charge is 0.453 e. The molecule has 2 aromatic rings. The van der Waals surface area contributed by atoms with E-state index >= 15 is 0 Å². The van der Waals surface area contributed by atoms with Crippen LogP contribution in [0.15, 0.2) is 17.5 Å². The standard InChI is InChI=1S/C11H14N4O2S/c1-7(12-11(16)17-2)10-13-9(14-15-10)6-8-4-3-5-18-8/h3-5,7H,6H2,1-2H3,(H,12,16)(H,13,14,15). The van der Waals surface area contributed by atoms with Gasteiger partial charge in [0.05, 0.1) is 13.2 Å². The molecule has 18 heavy (non-hydrogen) atoms. The number of alkyl carbamates (subject to hydrolysis) is 1. The van der Waals surface area contributed by atoms with Crippen molar-refractivity contribution < 1.29 is 9.53 Å². The van der Waals surface area contributed by atoms with Crippen LogP contribution in [0.3, 0.4) is 0 Å². The maximum atomic E-state index is 11.1. The van der Waals surface area contributed by atoms with Crippen molar-refractivity contribution in [1.29, 1.82) is 0 Å². The van der Waals surface area contributed by atoms with Crippen LogP contribution in [-0.2, 0) is 11.2 Å². The number of aromatic nitrogens is 3. The van der Waals surface area contributed by atoms with Crippen LogP contribution < -0.4 is 5.32 Å². The molecule has 96 valence electrons. The third kappa shape index (κ3) is 3.07. The van der Waals surface area contributed by atoms with E-state index in [9.17, 15) is 4.79 Å². The van der Waals surface area contributed by atoms with E-state index in [0.717, 1.165) is 12.2 Å². The third-order valence-corrected chi connectivity index (χ3v) is 3.25. The maximum absolute atomic E-state index is 11.1. The first-order chi connectivity index (χ1) is 8.69. The number of H-pyrrole nitrogens is 1. The van der Waals surface area contributed by atoms with Crippen molar-refractivity contribution in [2.75, 3.05) is 7.11 Å². The predicted molar refractivity (Wildman–Crippen MR) is 67.5 cm³/mol. The van der Waals surface area contributed by atoms with E-state index in [1.807, 2.05) is 17.5 Å². The number of hydrogen-bond donors (Lipinski definition) is 2. The number of methoxy groups -OCH3 is 1. The van der Waals surface area contributed by atoms with Crippen LogP contribution in [0.5, 0.6) is 0 Å². The monoisotopic (exact) mass is 266 g/mol. The first kappa shape index (κ1) is 12.6. The topological polar surface area (TPSA) is 79.9 Å². The Labute approximate surface area is 108 Å². The summed E-state index contributed by atoms with van der Waals surface area (Å²) in [6, 6.07) is 3.76. The number of hydrogen-bond acceptors (Lipinski definition) is 5. The molecule has 0 radical (unpaired) electrons. The third-order valence-electron chi connectivity index (χ3n) is 2.38. The Balaban J connectivity index is 1.99. The Kier molecular flexibility index (Phi) is 3.93. The Morgan fingerprint density at radius 3 is 3.17 bits per heavy atom. The number of carbonyl (C=O) groups excluding carboxylic acids is 1. The number of amides is 1. The summed E-state index contributed by atoms with van der Waals surface area (Å²) in [5, 5.41) is 11.6. The van der Waals surface area contributed by atoms with Gasteiger partial charge in [-0.25, -0.2) is 9.78 Å². The van der Waals surface area contributed by atoms with Gasteiger partial charge in [-0.15, -0.1) is 11.3 Å². The molecule has 2 rings (SSSR count). The average molecular weight is 266 g/mol. The highest BCUT2D eigenvalue weighted by Gasteiger charge is 2.14. The smallest absolute Gasteiger partial charge is 0.407 e. The average Bonchev–Trinajstić information content (AvgIpc) is 3.00. The zero-order chi connectivity index (χ0) is 13.0. The van der Waals surface area contributed by atoms with Gasteiger partial charge in [-0.1, -0.05) is 6.07 Å². The van der Waals surface area contributed by atoms with E-state index in [2.05, 4.69) is 25.2 Å². The number of thiophene rings is 1. The molecule has 0 spiro atoms. The van der Waals surface area contributed by atoms with Crippen LogP contribution in [0.2, 0.25) is 0 Å². The molecule has 0 bridgehead atoms. The minimum Gasteiger partial charge on any atom is -0.453 e. The molecule has 0 aromatic carbocycles. The van der Waals surface area contributed by atoms with E-state index in [0.29, 0.717) is 5.82 Å². The molecule has 2 heterocycles. The lowest BCUT2D eigenvalue weighted by Gasteiger charge is -2.08. The van der Waals surface area contributed by atoms with Crippen LogP contribution in [0.1, 0.15) is 29.5 Å². The highest BCUT2D eigenvalue weighted by Crippen LogP contribution is 2.13. The predicted octanol–water partition coefficient (Wildman–Crippen LogP) is 1.87. The lowest BCUT2D eigenvalue weighted by molar-refractivity contribution is 0.167. The fourth-order valence-corrected chi connectivity index (χ4v) is 2.17. The van der Waals surface area contributed by atoms with Crippen LogP contribution in [0.25, 0.3) is 0 Å². The second-order valence-electron chi connectivity index (χ2n) is 3.75. The van der Waals surface area contributed by atoms with Crippen LogP contribution >= 0.6 is 11.3 Å². The molecule has 0 saturated heterocycles. The van der Waals surface area contributed by atoms with Gasteiger partial charge in [0.25, 0.3) is 0 Å². The van der Waals surface area contributed by atoms with Gasteiger partial charge in [0.2, 0.25) is 0 Å². The van der Waals surface area contributed by atoms with E-state index < -0.39 is 6.09 Å². The molecule has 0 saturated carbocycles. The summed E-state index contributed by atoms with van der Waals surface area (Å²) in [4.78, 5) is 16.6. The van der Waals surface area contributed by atoms with Crippen molar-refractivity contribution in [3.63, 3.8) is 0 Å². The molecule has 1 amide bonds. The second-order valence-corrected chi connectivity index (χ2v) is 4.79. The summed E-state index contributed by atoms with van der Waals surface area (Å²) < 4.78 is 4.52. The summed E-state index contributed by atoms with van der Waals surface area (Å²) >= 11 is 1.67. The number of rotatable bonds is 4. The second kappa shape index (κ2) is 5.63. The van der Waals surface area contributed by atoms with Crippen molar-refractivity contribution in [3.8, 4) is 0 Å². The van der Waals surface area contributed by atoms with Crippen molar-refractivity contribution in [2.45, 2.75) is 19.4 Å². The molecule has 7 heteroatoms. The Hall–Kier alpha value is -1.89. The van der Waals surface area contributed by atoms with E-state index in [1.54, 1.807) is 18.3 Å². The maximum Gasteiger partial charge on any atom is 0.407 e. The first-order valence-corrected chi connectivity index (χ1v) is 6.35. The minimum absolute atomic E-state index is 0.286. The fraction of sp³-hybridized carbons (Fsp3) is 0.364. The molecule has 1 atom stereocenters. The van der Waals surface area contributed by atoms with Crippen molar-refractivity contribution in [1.82, 2.24) is 20.5 Å². The van der Waals surface area contributed by atoms with E-state index in [4.69, 9.17) is 0 Å². The van der Waals surface area contributed by atoms with Crippen LogP contribution in [0.4, 0.5) is 4.79 Å². The van der Waals surface area contributed by atoms with E-state index in [-0.39, 0.29) is 6.04 Å². The van der Waals surface area contributed by atoms with Gasteiger partial charge in [-0.3, -0.25) is 5.10 Å². The number of aromatic amines is 1. The van der Waals surface area contributed by atoms with Gasteiger partial charge in [0.15, 0.2) is 5.82 Å². The zero-order valence-electron chi connectivity index (χ0n) is 10.1. The van der Waals surface area contributed by atoms with Crippen molar-refractivity contribution in [2.24, 2.45) is 0 Å². The lowest BCUT2D eigenvalue weighted by atomic mass is 10.3. The molecule has 6 nitrogen and oxygen atoms in total. The van der Waals surface area contributed by atoms with Crippen molar-refractivity contribution in [3.05, 3.63) is 34.0 Å². The fourth-order valence-electron chi connectivity index (χ4n) is 1.46. The minimum atomic E-state index is -0.493. The number of nitrogens with one attached hydrogen (secondary N) is 2. The molecule has 2 N–H and O–H groups in total. The number of ether oxygens (including phenoxy) is 1. The summed E-state index contributed by atoms with van der Waals surface area (Å²) in [5.41, 5.74) is 0. The molecular weight excluding hydrogens is 252 g/mol. The van der Waals surface area contributed by atoms with Crippen molar-refractivity contribution >= 4 is 17.4 Å². The van der Waals surface area contributed by atoms with Gasteiger partial charge in [0.1, 0.15) is 5.82 Å². The molecule has 0 fully saturated rings. The van der Waals surface area contributed by atoms with Gasteiger partial charge in [-0.05, 0) is 18.4 Å². The highest BCUT2D eigenvalue weighted by atomic mass is 32.1. The zero-order valence-corrected chi connectivity index (χ0v) is 11.0. The summed E-state index contributed by atoms with van der Waals surface area (Å²) in [6.07, 6.45) is 0.224. The SMILES string of the molecule is COC(=O)NC(C)c1n[nH]c(Cc2cccs2)n1. The van der Waals surface area contributed by atoms with Crippen LogP contribution in [-0.4, -0.2) is 28.4 Å². The molecule has 0 aliphatic rings. The Morgan fingerprint density at radius 1 is 1.67 bits per heavy atom. The first-order valence-electron chi connectivity index (χ1n) is 5.47. The Bertz CT molecular complexity index is 509. The number of nitrogens with zero attached hydrogens (tertiary/aromatic N) is 2. The highest BCUT2D eigenvalue weighted by molar-refractivity contribution is 7.09. The molecular formula is C11H14N4O2S. The lowest BCUT2D eigenvalue weighted by Crippen LogP contribution is -2.27. The summed E-state index contributed by atoms with van der Waals surface area (Å²) in [5.74, 6) is 1.33. The van der Waals surface area contributed by atoms with Crippen LogP contribution in [0, 0.1) is 0 Å². The molecule has 0 aliphatic heterocycles. The molecule has 0 aliphatic carbocycles. The van der Waals surface area contributed by atoms with Gasteiger partial charge in [-0.2, -0.15) is 5.10 Å². The normalized spacial score (nSPS) is 12.1. The number of carbonyl (C=O) groups is 1. The van der Waals surface area contributed by atoms with Gasteiger partial charge in [0, 0.05) is 11.3 Å². The molecule has 2 aromatic heterocycles. The summed E-state index contributed by atoms with van der Waals surface area (Å²) in [6.45, 7) is 1.80.